The van der Waals surface area contributed by atoms with Gasteiger partial charge in [-0.25, -0.2) is 26.7 Å². The molecule has 0 unspecified atom stereocenters. The van der Waals surface area contributed by atoms with Crippen LogP contribution in [0, 0.1) is 11.6 Å². The number of hydrogen-bond acceptors (Lipinski definition) is 7. The average Bonchev–Trinajstić information content (AvgIpc) is 3.51. The molecule has 5 heterocycles. The minimum atomic E-state index is -2.91. The molecule has 6 rings (SSSR count). The third-order valence-electron chi connectivity index (χ3n) is 7.72. The van der Waals surface area contributed by atoms with Gasteiger partial charge in [-0.15, -0.1) is 0 Å². The summed E-state index contributed by atoms with van der Waals surface area (Å²) in [4.78, 5) is 13.7. The van der Waals surface area contributed by atoms with Gasteiger partial charge in [-0.3, -0.25) is 9.88 Å². The average molecular weight is 539 g/mol. The second-order valence-electron chi connectivity index (χ2n) is 10.2. The van der Waals surface area contributed by atoms with E-state index in [0.29, 0.717) is 49.6 Å². The van der Waals surface area contributed by atoms with Crippen molar-refractivity contribution in [1.29, 1.82) is 0 Å². The third kappa shape index (κ3) is 4.54. The summed E-state index contributed by atoms with van der Waals surface area (Å²) in [6, 6.07) is 9.36. The fourth-order valence-electron chi connectivity index (χ4n) is 5.56. The van der Waals surface area contributed by atoms with Crippen molar-refractivity contribution >= 4 is 21.3 Å². The quantitative estimate of drug-likeness (QED) is 0.382. The number of sulfone groups is 1. The Morgan fingerprint density at radius 2 is 1.84 bits per heavy atom. The van der Waals surface area contributed by atoms with E-state index in [2.05, 4.69) is 15.0 Å². The summed E-state index contributed by atoms with van der Waals surface area (Å²) in [6.45, 7) is 4.30. The zero-order chi connectivity index (χ0) is 26.5. The van der Waals surface area contributed by atoms with Gasteiger partial charge in [0.25, 0.3) is 0 Å². The summed E-state index contributed by atoms with van der Waals surface area (Å²) in [6.07, 6.45) is 6.85. The third-order valence-corrected chi connectivity index (χ3v) is 9.33. The van der Waals surface area contributed by atoms with E-state index in [9.17, 15) is 17.2 Å². The highest BCUT2D eigenvalue weighted by Crippen LogP contribution is 2.42. The first-order valence-corrected chi connectivity index (χ1v) is 14.5. The van der Waals surface area contributed by atoms with Gasteiger partial charge in [0.15, 0.2) is 15.5 Å². The van der Waals surface area contributed by atoms with Gasteiger partial charge >= 0.3 is 0 Å². The maximum atomic E-state index is 14.8. The van der Waals surface area contributed by atoms with Crippen molar-refractivity contribution in [2.45, 2.75) is 31.8 Å². The first-order chi connectivity index (χ1) is 18.2. The molecule has 0 spiro atoms. The Bertz CT molecular complexity index is 1590. The van der Waals surface area contributed by atoms with Gasteiger partial charge in [0.1, 0.15) is 17.5 Å². The van der Waals surface area contributed by atoms with Crippen molar-refractivity contribution in [3.05, 3.63) is 77.8 Å². The van der Waals surface area contributed by atoms with E-state index in [-0.39, 0.29) is 11.5 Å². The van der Waals surface area contributed by atoms with Crippen molar-refractivity contribution < 1.29 is 17.2 Å². The molecule has 0 N–H and O–H groups in total. The molecule has 4 aromatic rings. The fourth-order valence-corrected chi connectivity index (χ4v) is 6.83. The maximum absolute atomic E-state index is 14.8. The molecular weight excluding hydrogens is 510 g/mol. The molecule has 0 radical (unpaired) electrons. The molecule has 0 saturated carbocycles. The highest BCUT2D eigenvalue weighted by Gasteiger charge is 2.41. The molecular formula is C27H28F2N6O2S. The lowest BCUT2D eigenvalue weighted by molar-refractivity contribution is 0.287. The predicted octanol–water partition coefficient (Wildman–Crippen LogP) is 3.82. The molecule has 11 heteroatoms. The minimum Gasteiger partial charge on any atom is -0.347 e. The van der Waals surface area contributed by atoms with Gasteiger partial charge in [0.2, 0.25) is 0 Å². The van der Waals surface area contributed by atoms with Gasteiger partial charge in [-0.1, -0.05) is 6.07 Å². The summed E-state index contributed by atoms with van der Waals surface area (Å²) in [5, 5.41) is 4.43. The Balaban J connectivity index is 1.28. The van der Waals surface area contributed by atoms with E-state index in [0.717, 1.165) is 29.3 Å². The zero-order valence-electron chi connectivity index (χ0n) is 21.0. The summed E-state index contributed by atoms with van der Waals surface area (Å²) >= 11 is 0. The summed E-state index contributed by atoms with van der Waals surface area (Å²) in [5.41, 5.74) is 2.70. The van der Waals surface area contributed by atoms with Crippen LogP contribution in [0.25, 0.3) is 16.9 Å². The van der Waals surface area contributed by atoms with Gasteiger partial charge in [-0.2, -0.15) is 5.10 Å². The standard InChI is InChI=1S/C27H28F2N6O2S/c1-27(22-15-20(28)4-5-23(22)29)8-2-9-34(27)25-7-10-35-26(32-25)21(17-31-35)24-6-3-19(16-30-24)18-33-11-13-38(36,37)14-12-33/h3-7,10,15-17H,2,8-9,11-14,18H2,1H3/t27-/m1/s1. The second-order valence-corrected chi connectivity index (χ2v) is 12.5. The number of rotatable bonds is 5. The van der Waals surface area contributed by atoms with Crippen LogP contribution in [-0.2, 0) is 21.9 Å². The van der Waals surface area contributed by atoms with Crippen LogP contribution in [0.3, 0.4) is 0 Å². The van der Waals surface area contributed by atoms with Crippen LogP contribution in [0.1, 0.15) is 30.9 Å². The lowest BCUT2D eigenvalue weighted by atomic mass is 9.88. The largest absolute Gasteiger partial charge is 0.347 e. The van der Waals surface area contributed by atoms with Crippen LogP contribution >= 0.6 is 0 Å². The Morgan fingerprint density at radius 3 is 2.61 bits per heavy atom. The molecule has 2 aliphatic rings. The van der Waals surface area contributed by atoms with E-state index >= 15 is 0 Å². The number of pyridine rings is 1. The number of aromatic nitrogens is 4. The molecule has 1 atom stereocenters. The van der Waals surface area contributed by atoms with Crippen LogP contribution in [0.2, 0.25) is 0 Å². The molecule has 2 aliphatic heterocycles. The van der Waals surface area contributed by atoms with Crippen LogP contribution in [0.15, 0.2) is 55.0 Å². The minimum absolute atomic E-state index is 0.191. The Labute approximate surface area is 219 Å². The van der Waals surface area contributed by atoms with E-state index in [4.69, 9.17) is 4.98 Å². The topological polar surface area (TPSA) is 83.7 Å². The molecule has 198 valence electrons. The Morgan fingerprint density at radius 1 is 1.03 bits per heavy atom. The maximum Gasteiger partial charge on any atom is 0.166 e. The van der Waals surface area contributed by atoms with Crippen molar-refractivity contribution in [1.82, 2.24) is 24.5 Å². The molecule has 0 bridgehead atoms. The molecule has 1 aromatic carbocycles. The van der Waals surface area contributed by atoms with Crippen molar-refractivity contribution in [3.63, 3.8) is 0 Å². The lowest BCUT2D eigenvalue weighted by Crippen LogP contribution is -2.40. The van der Waals surface area contributed by atoms with Crippen molar-refractivity contribution in [3.8, 4) is 11.3 Å². The number of halogens is 2. The number of nitrogens with zero attached hydrogens (tertiary/aromatic N) is 6. The highest BCUT2D eigenvalue weighted by atomic mass is 32.2. The lowest BCUT2D eigenvalue weighted by Gasteiger charge is -2.37. The molecule has 3 aromatic heterocycles. The monoisotopic (exact) mass is 538 g/mol. The van der Waals surface area contributed by atoms with Crippen LogP contribution in [0.4, 0.5) is 14.6 Å². The van der Waals surface area contributed by atoms with Gasteiger partial charge in [0.05, 0.1) is 34.5 Å². The second kappa shape index (κ2) is 9.39. The van der Waals surface area contributed by atoms with Crippen molar-refractivity contribution in [2.75, 3.05) is 36.0 Å². The summed E-state index contributed by atoms with van der Waals surface area (Å²) in [7, 11) is -2.91. The predicted molar refractivity (Wildman–Crippen MR) is 140 cm³/mol. The number of hydrogen-bond donors (Lipinski definition) is 0. The SMILES string of the molecule is C[C@]1(c2cc(F)ccc2F)CCCN1c1ccn2ncc(-c3ccc(CN4CCS(=O)(=O)CC4)cn3)c2n1. The molecule has 38 heavy (non-hydrogen) atoms. The molecule has 0 aliphatic carbocycles. The summed E-state index contributed by atoms with van der Waals surface area (Å²) in [5.74, 6) is 0.158. The Kier molecular flexibility index (Phi) is 6.14. The normalized spacial score (nSPS) is 21.8. The molecule has 8 nitrogen and oxygen atoms in total. The first-order valence-electron chi connectivity index (χ1n) is 12.7. The number of fused-ring (bicyclic) bond motifs is 1. The van der Waals surface area contributed by atoms with Crippen LogP contribution in [-0.4, -0.2) is 64.0 Å². The molecule has 2 saturated heterocycles. The van der Waals surface area contributed by atoms with Crippen molar-refractivity contribution in [2.24, 2.45) is 0 Å². The fraction of sp³-hybridized carbons (Fsp3) is 0.370. The number of benzene rings is 1. The molecule has 0 amide bonds. The Hall–Kier alpha value is -3.44. The van der Waals surface area contributed by atoms with E-state index in [1.807, 2.05) is 36.2 Å². The highest BCUT2D eigenvalue weighted by molar-refractivity contribution is 7.91. The first kappa shape index (κ1) is 24.9. The van der Waals surface area contributed by atoms with Gasteiger partial charge in [0, 0.05) is 44.1 Å². The smallest absolute Gasteiger partial charge is 0.166 e. The molecule has 2 fully saturated rings. The van der Waals surface area contributed by atoms with Crippen LogP contribution < -0.4 is 4.90 Å². The van der Waals surface area contributed by atoms with E-state index in [1.165, 1.54) is 12.1 Å². The van der Waals surface area contributed by atoms with E-state index < -0.39 is 27.0 Å². The van der Waals surface area contributed by atoms with E-state index in [1.54, 1.807) is 16.9 Å². The summed E-state index contributed by atoms with van der Waals surface area (Å²) < 4.78 is 53.9. The van der Waals surface area contributed by atoms with Gasteiger partial charge < -0.3 is 4.90 Å². The van der Waals surface area contributed by atoms with Crippen LogP contribution in [0.5, 0.6) is 0 Å². The van der Waals surface area contributed by atoms with Gasteiger partial charge in [-0.05, 0) is 55.7 Å². The number of anilines is 1. The zero-order valence-corrected chi connectivity index (χ0v) is 21.8.